The Morgan fingerprint density at radius 3 is 2.90 bits per heavy atom. The van der Waals surface area contributed by atoms with Crippen LogP contribution in [0.25, 0.3) is 0 Å². The van der Waals surface area contributed by atoms with Gasteiger partial charge in [0, 0.05) is 0 Å². The van der Waals surface area contributed by atoms with Crippen molar-refractivity contribution in [3.63, 3.8) is 0 Å². The van der Waals surface area contributed by atoms with E-state index in [1.54, 1.807) is 13.0 Å². The normalized spacial score (nSPS) is 10.3. The van der Waals surface area contributed by atoms with Crippen LogP contribution >= 0.6 is 0 Å². The van der Waals surface area contributed by atoms with Gasteiger partial charge in [-0.2, -0.15) is 15.2 Å². The Bertz CT molecular complexity index is 610. The molecule has 8 heteroatoms. The minimum Gasteiger partial charge on any atom is -0.463 e. The molecule has 2 rings (SSSR count). The number of anilines is 1. The lowest BCUT2D eigenvalue weighted by Crippen LogP contribution is -2.17. The molecule has 0 spiro atoms. The van der Waals surface area contributed by atoms with E-state index in [0.29, 0.717) is 30.0 Å². The topological polar surface area (TPSA) is 106 Å². The van der Waals surface area contributed by atoms with Crippen LogP contribution in [0.5, 0.6) is 6.01 Å². The van der Waals surface area contributed by atoms with E-state index in [-0.39, 0.29) is 17.9 Å². The Labute approximate surface area is 116 Å². The molecule has 0 radical (unpaired) electrons. The number of nitrogens with zero attached hydrogens (tertiary/aromatic N) is 4. The maximum absolute atomic E-state index is 12.2. The van der Waals surface area contributed by atoms with Crippen molar-refractivity contribution in [2.75, 3.05) is 11.9 Å². The second kappa shape index (κ2) is 6.09. The van der Waals surface area contributed by atoms with E-state index >= 15 is 0 Å². The van der Waals surface area contributed by atoms with Crippen molar-refractivity contribution in [2.24, 2.45) is 0 Å². The average Bonchev–Trinajstić information content (AvgIpc) is 2.86. The second-order valence-electron chi connectivity index (χ2n) is 4.05. The fraction of sp³-hybridized carbons (Fsp3) is 0.417. The summed E-state index contributed by atoms with van der Waals surface area (Å²) in [7, 11) is 0. The number of rotatable bonds is 5. The fourth-order valence-corrected chi connectivity index (χ4v) is 1.64. The standard InChI is InChI=1S/C12H16N6O2/c1-4-9-8(6-7(3)15-16-9)10(19)13-11-14-12(18-17-11)20-5-2/h6H,4-5H2,1-3H3,(H2,13,14,17,18,19). The number of carbonyl (C=O) groups is 1. The molecular formula is C12H16N6O2. The summed E-state index contributed by atoms with van der Waals surface area (Å²) >= 11 is 0. The van der Waals surface area contributed by atoms with Gasteiger partial charge in [0.25, 0.3) is 5.91 Å². The minimum atomic E-state index is -0.306. The number of aryl methyl sites for hydroxylation is 2. The third-order valence-electron chi connectivity index (χ3n) is 2.54. The molecule has 20 heavy (non-hydrogen) atoms. The largest absolute Gasteiger partial charge is 0.463 e. The van der Waals surface area contributed by atoms with E-state index in [1.165, 1.54) is 0 Å². The number of aromatic amines is 1. The molecule has 2 aromatic rings. The SMILES string of the molecule is CCOc1n[nH]c(NC(=O)c2cc(C)nnc2CC)n1. The van der Waals surface area contributed by atoms with Gasteiger partial charge in [0.05, 0.1) is 23.6 Å². The van der Waals surface area contributed by atoms with Gasteiger partial charge in [-0.05, 0) is 26.3 Å². The molecule has 0 atom stereocenters. The van der Waals surface area contributed by atoms with Crippen LogP contribution in [-0.4, -0.2) is 37.9 Å². The smallest absolute Gasteiger partial charge is 0.337 e. The molecule has 2 aromatic heterocycles. The summed E-state index contributed by atoms with van der Waals surface area (Å²) in [4.78, 5) is 16.2. The molecule has 106 valence electrons. The molecule has 0 bridgehead atoms. The zero-order valence-corrected chi connectivity index (χ0v) is 11.6. The average molecular weight is 276 g/mol. The van der Waals surface area contributed by atoms with Crippen molar-refractivity contribution in [2.45, 2.75) is 27.2 Å². The Morgan fingerprint density at radius 1 is 1.40 bits per heavy atom. The highest BCUT2D eigenvalue weighted by atomic mass is 16.5. The summed E-state index contributed by atoms with van der Waals surface area (Å²) in [5, 5.41) is 17.0. The van der Waals surface area contributed by atoms with Crippen LogP contribution in [0, 0.1) is 6.92 Å². The van der Waals surface area contributed by atoms with E-state index < -0.39 is 0 Å². The van der Waals surface area contributed by atoms with Crippen LogP contribution in [0.3, 0.4) is 0 Å². The first-order valence-electron chi connectivity index (χ1n) is 6.33. The summed E-state index contributed by atoms with van der Waals surface area (Å²) in [6.45, 7) is 5.98. The van der Waals surface area contributed by atoms with Gasteiger partial charge < -0.3 is 4.74 Å². The van der Waals surface area contributed by atoms with Gasteiger partial charge in [-0.25, -0.2) is 5.10 Å². The van der Waals surface area contributed by atoms with Crippen LogP contribution in [0.2, 0.25) is 0 Å². The van der Waals surface area contributed by atoms with Gasteiger partial charge in [-0.3, -0.25) is 10.1 Å². The molecule has 2 N–H and O–H groups in total. The number of hydrogen-bond donors (Lipinski definition) is 2. The van der Waals surface area contributed by atoms with Gasteiger partial charge >= 0.3 is 6.01 Å². The monoisotopic (exact) mass is 276 g/mol. The lowest BCUT2D eigenvalue weighted by molar-refractivity contribution is 0.102. The van der Waals surface area contributed by atoms with Crippen LogP contribution in [-0.2, 0) is 6.42 Å². The van der Waals surface area contributed by atoms with Crippen molar-refractivity contribution in [3.8, 4) is 6.01 Å². The molecule has 0 saturated heterocycles. The molecule has 0 saturated carbocycles. The predicted molar refractivity (Wildman–Crippen MR) is 71.7 cm³/mol. The van der Waals surface area contributed by atoms with Crippen molar-refractivity contribution >= 4 is 11.9 Å². The molecular weight excluding hydrogens is 260 g/mol. The molecule has 0 fully saturated rings. The number of hydrogen-bond acceptors (Lipinski definition) is 6. The number of ether oxygens (including phenoxy) is 1. The molecule has 0 aliphatic heterocycles. The lowest BCUT2D eigenvalue weighted by Gasteiger charge is -2.06. The van der Waals surface area contributed by atoms with Crippen LogP contribution in [0.15, 0.2) is 6.07 Å². The van der Waals surface area contributed by atoms with Crippen molar-refractivity contribution in [1.29, 1.82) is 0 Å². The number of nitrogens with one attached hydrogen (secondary N) is 2. The Hall–Kier alpha value is -2.51. The predicted octanol–water partition coefficient (Wildman–Crippen LogP) is 1.12. The summed E-state index contributed by atoms with van der Waals surface area (Å²) in [6.07, 6.45) is 0.622. The van der Waals surface area contributed by atoms with Gasteiger partial charge in [0.2, 0.25) is 5.95 Å². The summed E-state index contributed by atoms with van der Waals surface area (Å²) < 4.78 is 5.11. The highest BCUT2D eigenvalue weighted by molar-refractivity contribution is 6.04. The zero-order chi connectivity index (χ0) is 14.5. The van der Waals surface area contributed by atoms with Gasteiger partial charge in [-0.1, -0.05) is 6.92 Å². The van der Waals surface area contributed by atoms with E-state index in [1.807, 2.05) is 13.8 Å². The number of amides is 1. The first-order chi connectivity index (χ1) is 9.63. The van der Waals surface area contributed by atoms with Gasteiger partial charge in [-0.15, -0.1) is 5.10 Å². The van der Waals surface area contributed by atoms with Gasteiger partial charge in [0.1, 0.15) is 0 Å². The lowest BCUT2D eigenvalue weighted by atomic mass is 10.1. The van der Waals surface area contributed by atoms with Crippen LogP contribution in [0.1, 0.15) is 35.6 Å². The molecule has 0 aliphatic rings. The molecule has 0 aliphatic carbocycles. The van der Waals surface area contributed by atoms with E-state index in [9.17, 15) is 4.79 Å². The molecule has 2 heterocycles. The maximum atomic E-state index is 12.2. The summed E-state index contributed by atoms with van der Waals surface area (Å²) in [5.41, 5.74) is 1.80. The van der Waals surface area contributed by atoms with E-state index in [2.05, 4.69) is 30.7 Å². The van der Waals surface area contributed by atoms with Gasteiger partial charge in [0.15, 0.2) is 0 Å². The van der Waals surface area contributed by atoms with E-state index in [0.717, 1.165) is 0 Å². The summed E-state index contributed by atoms with van der Waals surface area (Å²) in [6, 6.07) is 1.89. The molecule has 8 nitrogen and oxygen atoms in total. The minimum absolute atomic E-state index is 0.197. The third-order valence-corrected chi connectivity index (χ3v) is 2.54. The number of aromatic nitrogens is 5. The highest BCUT2D eigenvalue weighted by Gasteiger charge is 2.15. The second-order valence-corrected chi connectivity index (χ2v) is 4.05. The molecule has 0 aromatic carbocycles. The Kier molecular flexibility index (Phi) is 4.24. The number of carbonyl (C=O) groups excluding carboxylic acids is 1. The first-order valence-corrected chi connectivity index (χ1v) is 6.33. The quantitative estimate of drug-likeness (QED) is 0.847. The van der Waals surface area contributed by atoms with Crippen molar-refractivity contribution in [1.82, 2.24) is 25.4 Å². The summed E-state index contributed by atoms with van der Waals surface area (Å²) in [5.74, 6) is -0.0750. The zero-order valence-electron chi connectivity index (χ0n) is 11.6. The van der Waals surface area contributed by atoms with Crippen molar-refractivity contribution in [3.05, 3.63) is 23.0 Å². The molecule has 0 unspecified atom stereocenters. The molecule has 1 amide bonds. The van der Waals surface area contributed by atoms with E-state index in [4.69, 9.17) is 4.74 Å². The third kappa shape index (κ3) is 3.08. The Morgan fingerprint density at radius 2 is 2.20 bits per heavy atom. The van der Waals surface area contributed by atoms with Crippen LogP contribution in [0.4, 0.5) is 5.95 Å². The maximum Gasteiger partial charge on any atom is 0.337 e. The Balaban J connectivity index is 2.16. The first kappa shape index (κ1) is 13.9. The fourth-order valence-electron chi connectivity index (χ4n) is 1.64. The highest BCUT2D eigenvalue weighted by Crippen LogP contribution is 2.11. The van der Waals surface area contributed by atoms with Crippen LogP contribution < -0.4 is 10.1 Å². The van der Waals surface area contributed by atoms with Crippen molar-refractivity contribution < 1.29 is 9.53 Å². The number of H-pyrrole nitrogens is 1.